The van der Waals surface area contributed by atoms with Crippen molar-refractivity contribution in [1.29, 1.82) is 0 Å². The summed E-state index contributed by atoms with van der Waals surface area (Å²) in [5, 5.41) is 0. The normalized spacial score (nSPS) is 11.6. The average molecular weight is 370 g/mol. The predicted molar refractivity (Wildman–Crippen MR) is 71.9 cm³/mol. The number of hydrogen-bond donors (Lipinski definition) is 0. The Balaban J connectivity index is 2.30. The van der Waals surface area contributed by atoms with E-state index in [1.807, 2.05) is 0 Å². The molecule has 1 heterocycles. The first-order chi connectivity index (χ1) is 8.79. The summed E-state index contributed by atoms with van der Waals surface area (Å²) >= 11 is 10.1. The average Bonchev–Trinajstić information content (AvgIpc) is 2.68. The molecule has 19 heavy (non-hydrogen) atoms. The largest absolute Gasteiger partial charge is 0.416 e. The van der Waals surface area contributed by atoms with Crippen LogP contribution in [0.1, 0.15) is 20.8 Å². The molecule has 1 aromatic carbocycles. The van der Waals surface area contributed by atoms with Crippen molar-refractivity contribution in [3.63, 3.8) is 0 Å². The van der Waals surface area contributed by atoms with Gasteiger partial charge in [0.1, 0.15) is 4.34 Å². The van der Waals surface area contributed by atoms with E-state index in [9.17, 15) is 18.0 Å². The first kappa shape index (κ1) is 14.6. The van der Waals surface area contributed by atoms with E-state index in [2.05, 4.69) is 15.9 Å². The molecule has 0 aliphatic carbocycles. The van der Waals surface area contributed by atoms with Gasteiger partial charge in [0, 0.05) is 10.0 Å². The monoisotopic (exact) mass is 368 g/mol. The second kappa shape index (κ2) is 5.26. The van der Waals surface area contributed by atoms with Gasteiger partial charge in [-0.2, -0.15) is 13.2 Å². The molecule has 0 aliphatic heterocycles. The van der Waals surface area contributed by atoms with Gasteiger partial charge in [-0.25, -0.2) is 0 Å². The van der Waals surface area contributed by atoms with Crippen LogP contribution in [0.5, 0.6) is 0 Å². The maximum atomic E-state index is 12.4. The van der Waals surface area contributed by atoms with Crippen LogP contribution in [-0.4, -0.2) is 5.78 Å². The molecule has 2 rings (SSSR count). The van der Waals surface area contributed by atoms with Crippen molar-refractivity contribution >= 4 is 44.7 Å². The molecule has 0 amide bonds. The molecule has 0 spiro atoms. The minimum Gasteiger partial charge on any atom is -0.288 e. The van der Waals surface area contributed by atoms with Crippen LogP contribution in [0.3, 0.4) is 0 Å². The lowest BCUT2D eigenvalue weighted by molar-refractivity contribution is -0.137. The van der Waals surface area contributed by atoms with Gasteiger partial charge in [0.05, 0.1) is 10.4 Å². The van der Waals surface area contributed by atoms with Gasteiger partial charge in [-0.1, -0.05) is 23.7 Å². The van der Waals surface area contributed by atoms with Gasteiger partial charge < -0.3 is 0 Å². The maximum Gasteiger partial charge on any atom is 0.416 e. The molecule has 0 unspecified atom stereocenters. The number of hydrogen-bond acceptors (Lipinski definition) is 2. The second-order valence-electron chi connectivity index (χ2n) is 3.64. The Morgan fingerprint density at radius 1 is 1.21 bits per heavy atom. The van der Waals surface area contributed by atoms with E-state index in [0.717, 1.165) is 35.6 Å². The lowest BCUT2D eigenvalue weighted by atomic mass is 10.1. The Labute approximate surface area is 124 Å². The quantitative estimate of drug-likeness (QED) is 0.647. The van der Waals surface area contributed by atoms with E-state index >= 15 is 0 Å². The van der Waals surface area contributed by atoms with Crippen LogP contribution in [0, 0.1) is 0 Å². The maximum absolute atomic E-state index is 12.4. The fourth-order valence-corrected chi connectivity index (χ4v) is 3.08. The zero-order valence-corrected chi connectivity index (χ0v) is 12.3. The van der Waals surface area contributed by atoms with Gasteiger partial charge in [-0.3, -0.25) is 4.79 Å². The SMILES string of the molecule is O=C(c1ccc(C(F)(F)F)cc1)c1cc(Br)c(Cl)s1. The Kier molecular flexibility index (Phi) is 4.03. The first-order valence-corrected chi connectivity index (χ1v) is 6.94. The number of carbonyl (C=O) groups excluding carboxylic acids is 1. The highest BCUT2D eigenvalue weighted by atomic mass is 79.9. The molecule has 100 valence electrons. The molecular formula is C12H5BrClF3OS. The van der Waals surface area contributed by atoms with E-state index in [1.54, 1.807) is 6.07 Å². The van der Waals surface area contributed by atoms with Crippen LogP contribution in [0.25, 0.3) is 0 Å². The lowest BCUT2D eigenvalue weighted by Crippen LogP contribution is -2.06. The summed E-state index contributed by atoms with van der Waals surface area (Å²) in [5.74, 6) is -0.355. The van der Waals surface area contributed by atoms with Crippen molar-refractivity contribution in [1.82, 2.24) is 0 Å². The molecule has 0 saturated carbocycles. The summed E-state index contributed by atoms with van der Waals surface area (Å²) in [6.45, 7) is 0. The van der Waals surface area contributed by atoms with Crippen LogP contribution >= 0.6 is 38.9 Å². The Bertz CT molecular complexity index is 599. The molecule has 0 N–H and O–H groups in total. The van der Waals surface area contributed by atoms with E-state index in [-0.39, 0.29) is 11.3 Å². The molecule has 7 heteroatoms. The fraction of sp³-hybridized carbons (Fsp3) is 0.0833. The van der Waals surface area contributed by atoms with Gasteiger partial charge in [0.15, 0.2) is 0 Å². The summed E-state index contributed by atoms with van der Waals surface area (Å²) in [6, 6.07) is 5.64. The standard InChI is InChI=1S/C12H5BrClF3OS/c13-8-5-9(19-11(8)14)10(18)6-1-3-7(4-2-6)12(15,16)17/h1-5H. The van der Waals surface area contributed by atoms with E-state index in [0.29, 0.717) is 13.7 Å². The summed E-state index contributed by atoms with van der Waals surface area (Å²) in [4.78, 5) is 12.4. The summed E-state index contributed by atoms with van der Waals surface area (Å²) < 4.78 is 38.2. The third kappa shape index (κ3) is 3.19. The topological polar surface area (TPSA) is 17.1 Å². The molecule has 0 saturated heterocycles. The lowest BCUT2D eigenvalue weighted by Gasteiger charge is -2.06. The highest BCUT2D eigenvalue weighted by Crippen LogP contribution is 2.34. The van der Waals surface area contributed by atoms with Crippen molar-refractivity contribution in [2.24, 2.45) is 0 Å². The van der Waals surface area contributed by atoms with Crippen LogP contribution in [0.15, 0.2) is 34.8 Å². The number of benzene rings is 1. The number of rotatable bonds is 2. The Morgan fingerprint density at radius 2 is 1.79 bits per heavy atom. The van der Waals surface area contributed by atoms with Gasteiger partial charge in [-0.05, 0) is 34.1 Å². The predicted octanol–water partition coefficient (Wildman–Crippen LogP) is 5.41. The molecule has 1 nitrogen and oxygen atoms in total. The van der Waals surface area contributed by atoms with Crippen LogP contribution in [0.4, 0.5) is 13.2 Å². The van der Waals surface area contributed by atoms with Crippen LogP contribution < -0.4 is 0 Å². The number of ketones is 1. The van der Waals surface area contributed by atoms with Gasteiger partial charge in [0.2, 0.25) is 5.78 Å². The van der Waals surface area contributed by atoms with Crippen molar-refractivity contribution in [2.45, 2.75) is 6.18 Å². The zero-order chi connectivity index (χ0) is 14.2. The third-order valence-electron chi connectivity index (χ3n) is 2.34. The molecular weight excluding hydrogens is 365 g/mol. The van der Waals surface area contributed by atoms with E-state index in [1.165, 1.54) is 0 Å². The third-order valence-corrected chi connectivity index (χ3v) is 4.82. The molecule has 0 bridgehead atoms. The molecule has 0 radical (unpaired) electrons. The van der Waals surface area contributed by atoms with E-state index in [4.69, 9.17) is 11.6 Å². The van der Waals surface area contributed by atoms with Gasteiger partial charge in [-0.15, -0.1) is 11.3 Å². The van der Waals surface area contributed by atoms with E-state index < -0.39 is 11.7 Å². The first-order valence-electron chi connectivity index (χ1n) is 4.96. The number of carbonyl (C=O) groups is 1. The van der Waals surface area contributed by atoms with Gasteiger partial charge in [0.25, 0.3) is 0 Å². The van der Waals surface area contributed by atoms with Crippen molar-refractivity contribution in [2.75, 3.05) is 0 Å². The number of alkyl halides is 3. The van der Waals surface area contributed by atoms with Crippen molar-refractivity contribution in [3.05, 3.63) is 55.1 Å². The Morgan fingerprint density at radius 3 is 2.21 bits per heavy atom. The van der Waals surface area contributed by atoms with Crippen molar-refractivity contribution < 1.29 is 18.0 Å². The molecule has 2 aromatic rings. The van der Waals surface area contributed by atoms with Crippen molar-refractivity contribution in [3.8, 4) is 0 Å². The zero-order valence-electron chi connectivity index (χ0n) is 9.09. The minimum atomic E-state index is -4.41. The summed E-state index contributed by atoms with van der Waals surface area (Å²) in [5.41, 5.74) is -0.590. The number of halogens is 5. The smallest absolute Gasteiger partial charge is 0.288 e. The summed E-state index contributed by atoms with van der Waals surface area (Å²) in [7, 11) is 0. The molecule has 0 atom stereocenters. The molecule has 0 fully saturated rings. The highest BCUT2D eigenvalue weighted by Gasteiger charge is 2.30. The highest BCUT2D eigenvalue weighted by molar-refractivity contribution is 9.10. The van der Waals surface area contributed by atoms with Crippen LogP contribution in [-0.2, 0) is 6.18 Å². The molecule has 1 aromatic heterocycles. The number of thiophene rings is 1. The minimum absolute atomic E-state index is 0.193. The molecule has 0 aliphatic rings. The van der Waals surface area contributed by atoms with Gasteiger partial charge >= 0.3 is 6.18 Å². The summed E-state index contributed by atoms with van der Waals surface area (Å²) in [6.07, 6.45) is -4.41. The Hall–Kier alpha value is -0.850. The second-order valence-corrected chi connectivity index (χ2v) is 6.15. The fourth-order valence-electron chi connectivity index (χ4n) is 1.41. The van der Waals surface area contributed by atoms with Crippen LogP contribution in [0.2, 0.25) is 4.34 Å².